The molecular formula is C10H11F2N3O3. The lowest BCUT2D eigenvalue weighted by molar-refractivity contribution is -0.384. The lowest BCUT2D eigenvalue weighted by Gasteiger charge is -2.07. The molecule has 1 rings (SSSR count). The summed E-state index contributed by atoms with van der Waals surface area (Å²) < 4.78 is 26.3. The van der Waals surface area contributed by atoms with Crippen LogP contribution in [0.1, 0.15) is 12.8 Å². The summed E-state index contributed by atoms with van der Waals surface area (Å²) in [4.78, 5) is 20.3. The van der Waals surface area contributed by atoms with Gasteiger partial charge in [-0.05, 0) is 12.5 Å². The van der Waals surface area contributed by atoms with Gasteiger partial charge in [0, 0.05) is 19.0 Å². The molecule has 0 spiro atoms. The molecule has 0 radical (unpaired) electrons. The van der Waals surface area contributed by atoms with Crippen LogP contribution in [-0.4, -0.2) is 17.4 Å². The molecule has 0 aliphatic heterocycles. The van der Waals surface area contributed by atoms with E-state index in [1.54, 1.807) is 0 Å². The lowest BCUT2D eigenvalue weighted by atomic mass is 10.2. The van der Waals surface area contributed by atoms with Crippen molar-refractivity contribution in [3.05, 3.63) is 33.9 Å². The number of benzene rings is 1. The predicted molar refractivity (Wildman–Crippen MR) is 59.9 cm³/mol. The number of amides is 1. The number of halogens is 2. The number of nitrogens with zero attached hydrogens (tertiary/aromatic N) is 1. The summed E-state index contributed by atoms with van der Waals surface area (Å²) in [6, 6.07) is 1.55. The van der Waals surface area contributed by atoms with E-state index >= 15 is 0 Å². The Balaban J connectivity index is 2.82. The van der Waals surface area contributed by atoms with E-state index in [9.17, 15) is 23.7 Å². The van der Waals surface area contributed by atoms with Gasteiger partial charge in [0.1, 0.15) is 0 Å². The van der Waals surface area contributed by atoms with Crippen LogP contribution in [0.15, 0.2) is 12.1 Å². The van der Waals surface area contributed by atoms with Crippen LogP contribution in [0.3, 0.4) is 0 Å². The number of carbonyl (C=O) groups excluding carboxylic acids is 1. The molecule has 0 unspecified atom stereocenters. The third-order valence-corrected chi connectivity index (χ3v) is 2.17. The first-order chi connectivity index (χ1) is 8.43. The second-order valence-corrected chi connectivity index (χ2v) is 3.51. The van der Waals surface area contributed by atoms with Crippen molar-refractivity contribution >= 4 is 17.3 Å². The second-order valence-electron chi connectivity index (χ2n) is 3.51. The number of rotatable bonds is 6. The van der Waals surface area contributed by atoms with E-state index in [2.05, 4.69) is 5.32 Å². The van der Waals surface area contributed by atoms with E-state index in [-0.39, 0.29) is 19.4 Å². The fourth-order valence-corrected chi connectivity index (χ4v) is 1.34. The van der Waals surface area contributed by atoms with E-state index in [0.717, 1.165) is 6.07 Å². The third kappa shape index (κ3) is 3.37. The summed E-state index contributed by atoms with van der Waals surface area (Å²) in [6.45, 7) is 0.0736. The molecule has 1 aromatic rings. The summed E-state index contributed by atoms with van der Waals surface area (Å²) in [6.07, 6.45) is 0.320. The molecule has 1 amide bonds. The zero-order valence-electron chi connectivity index (χ0n) is 9.28. The van der Waals surface area contributed by atoms with Gasteiger partial charge in [0.05, 0.1) is 4.92 Å². The molecule has 1 aromatic carbocycles. The molecule has 6 nitrogen and oxygen atoms in total. The SMILES string of the molecule is NC(=O)CCCNc1c([N+](=O)[O-])ccc(F)c1F. The van der Waals surface area contributed by atoms with Crippen molar-refractivity contribution in [1.29, 1.82) is 0 Å². The molecule has 98 valence electrons. The van der Waals surface area contributed by atoms with Gasteiger partial charge < -0.3 is 11.1 Å². The van der Waals surface area contributed by atoms with Gasteiger partial charge in [0.15, 0.2) is 17.3 Å². The quantitative estimate of drug-likeness (QED) is 0.460. The zero-order valence-corrected chi connectivity index (χ0v) is 9.28. The number of primary amides is 1. The van der Waals surface area contributed by atoms with Gasteiger partial charge in [-0.1, -0.05) is 0 Å². The van der Waals surface area contributed by atoms with Crippen molar-refractivity contribution in [3.8, 4) is 0 Å². The Labute approximate surface area is 101 Å². The maximum absolute atomic E-state index is 13.4. The van der Waals surface area contributed by atoms with Crippen molar-refractivity contribution in [3.63, 3.8) is 0 Å². The Kier molecular flexibility index (Phi) is 4.52. The number of nitrogens with one attached hydrogen (secondary N) is 1. The van der Waals surface area contributed by atoms with Crippen LogP contribution in [0, 0.1) is 21.7 Å². The van der Waals surface area contributed by atoms with Crippen molar-refractivity contribution in [1.82, 2.24) is 0 Å². The van der Waals surface area contributed by atoms with Crippen LogP contribution in [0.5, 0.6) is 0 Å². The second kappa shape index (κ2) is 5.89. The first kappa shape index (κ1) is 13.8. The number of nitro groups is 1. The standard InChI is InChI=1S/C10H11F2N3O3/c11-6-3-4-7(15(17)18)10(9(6)12)14-5-1-2-8(13)16/h3-4,14H,1-2,5H2,(H2,13,16). The Bertz CT molecular complexity index is 480. The van der Waals surface area contributed by atoms with E-state index in [4.69, 9.17) is 5.73 Å². The molecule has 0 bridgehead atoms. The molecule has 0 saturated heterocycles. The number of hydrogen-bond donors (Lipinski definition) is 2. The minimum Gasteiger partial charge on any atom is -0.377 e. The van der Waals surface area contributed by atoms with Gasteiger partial charge in [-0.25, -0.2) is 8.78 Å². The molecule has 0 saturated carbocycles. The molecule has 0 aliphatic rings. The summed E-state index contributed by atoms with van der Waals surface area (Å²) in [7, 11) is 0. The van der Waals surface area contributed by atoms with E-state index < -0.39 is 33.8 Å². The Morgan fingerprint density at radius 2 is 2.11 bits per heavy atom. The highest BCUT2D eigenvalue weighted by molar-refractivity contribution is 5.73. The largest absolute Gasteiger partial charge is 0.377 e. The first-order valence-electron chi connectivity index (χ1n) is 5.08. The highest BCUT2D eigenvalue weighted by Crippen LogP contribution is 2.28. The maximum atomic E-state index is 13.4. The molecule has 0 fully saturated rings. The topological polar surface area (TPSA) is 98.3 Å². The van der Waals surface area contributed by atoms with E-state index in [1.165, 1.54) is 0 Å². The summed E-state index contributed by atoms with van der Waals surface area (Å²) >= 11 is 0. The van der Waals surface area contributed by atoms with Crippen LogP contribution >= 0.6 is 0 Å². The number of carbonyl (C=O) groups is 1. The van der Waals surface area contributed by atoms with Gasteiger partial charge in [-0.15, -0.1) is 0 Å². The molecule has 18 heavy (non-hydrogen) atoms. The number of anilines is 1. The molecule has 0 aromatic heterocycles. The number of hydrogen-bond acceptors (Lipinski definition) is 4. The lowest BCUT2D eigenvalue weighted by Crippen LogP contribution is -2.13. The normalized spacial score (nSPS) is 10.1. The fraction of sp³-hybridized carbons (Fsp3) is 0.300. The van der Waals surface area contributed by atoms with Crippen molar-refractivity contribution < 1.29 is 18.5 Å². The van der Waals surface area contributed by atoms with Crippen LogP contribution in [0.25, 0.3) is 0 Å². The first-order valence-corrected chi connectivity index (χ1v) is 5.08. The van der Waals surface area contributed by atoms with Crippen LogP contribution in [0.4, 0.5) is 20.2 Å². The van der Waals surface area contributed by atoms with Gasteiger partial charge >= 0.3 is 0 Å². The molecule has 0 atom stereocenters. The monoisotopic (exact) mass is 259 g/mol. The number of nitro benzene ring substituents is 1. The highest BCUT2D eigenvalue weighted by Gasteiger charge is 2.20. The Morgan fingerprint density at radius 3 is 2.67 bits per heavy atom. The minimum absolute atomic E-state index is 0.0533. The molecular weight excluding hydrogens is 248 g/mol. The van der Waals surface area contributed by atoms with Crippen molar-refractivity contribution in [2.45, 2.75) is 12.8 Å². The molecule has 0 heterocycles. The fourth-order valence-electron chi connectivity index (χ4n) is 1.34. The summed E-state index contributed by atoms with van der Waals surface area (Å²) in [5.41, 5.74) is 3.81. The van der Waals surface area contributed by atoms with Crippen LogP contribution in [-0.2, 0) is 4.79 Å². The average Bonchev–Trinajstić information content (AvgIpc) is 2.29. The van der Waals surface area contributed by atoms with Crippen LogP contribution < -0.4 is 11.1 Å². The van der Waals surface area contributed by atoms with E-state index in [1.807, 2.05) is 0 Å². The molecule has 8 heteroatoms. The number of nitrogens with two attached hydrogens (primary N) is 1. The van der Waals surface area contributed by atoms with Crippen LogP contribution in [0.2, 0.25) is 0 Å². The van der Waals surface area contributed by atoms with Gasteiger partial charge in [-0.3, -0.25) is 14.9 Å². The predicted octanol–water partition coefficient (Wildman–Crippen LogP) is 1.55. The Morgan fingerprint density at radius 1 is 1.44 bits per heavy atom. The average molecular weight is 259 g/mol. The van der Waals surface area contributed by atoms with Crippen molar-refractivity contribution in [2.75, 3.05) is 11.9 Å². The summed E-state index contributed by atoms with van der Waals surface area (Å²) in [5.74, 6) is -3.03. The minimum atomic E-state index is -1.32. The maximum Gasteiger partial charge on any atom is 0.295 e. The van der Waals surface area contributed by atoms with E-state index in [0.29, 0.717) is 6.07 Å². The smallest absolute Gasteiger partial charge is 0.295 e. The molecule has 0 aliphatic carbocycles. The highest BCUT2D eigenvalue weighted by atomic mass is 19.2. The van der Waals surface area contributed by atoms with Gasteiger partial charge in [0.2, 0.25) is 5.91 Å². The van der Waals surface area contributed by atoms with Crippen molar-refractivity contribution in [2.24, 2.45) is 5.73 Å². The van der Waals surface area contributed by atoms with Gasteiger partial charge in [-0.2, -0.15) is 0 Å². The zero-order chi connectivity index (χ0) is 13.7. The third-order valence-electron chi connectivity index (χ3n) is 2.17. The molecule has 3 N–H and O–H groups in total. The Hall–Kier alpha value is -2.25. The summed E-state index contributed by atoms with van der Waals surface area (Å²) in [5, 5.41) is 13.0. The van der Waals surface area contributed by atoms with Gasteiger partial charge in [0.25, 0.3) is 5.69 Å².